The Balaban J connectivity index is 4.34. The van der Waals surface area contributed by atoms with E-state index < -0.39 is 36.7 Å². The third kappa shape index (κ3) is 8.23. The maximum atomic E-state index is 11.3. The lowest BCUT2D eigenvalue weighted by Gasteiger charge is -2.27. The third-order valence-electron chi connectivity index (χ3n) is 2.06. The molecule has 0 aliphatic heterocycles. The summed E-state index contributed by atoms with van der Waals surface area (Å²) in [5, 5.41) is 19.6. The first-order chi connectivity index (χ1) is 9.36. The molecule has 120 valence electrons. The van der Waals surface area contributed by atoms with E-state index in [2.05, 4.69) is 13.2 Å². The average Bonchev–Trinajstić information content (AvgIpc) is 2.26. The maximum absolute atomic E-state index is 11.3. The molecule has 0 saturated carbocycles. The van der Waals surface area contributed by atoms with Crippen LogP contribution in [0.4, 0.5) is 0 Å². The number of hydrogen-bond donors (Lipinski definition) is 2. The molecule has 2 N–H and O–H groups in total. The Bertz CT molecular complexity index is 395. The number of aliphatic hydroxyl groups is 2. The van der Waals surface area contributed by atoms with Crippen LogP contribution in [0, 0.1) is 0 Å². The molecule has 0 rings (SSSR count). The second-order valence-electron chi connectivity index (χ2n) is 5.18. The van der Waals surface area contributed by atoms with Crippen LogP contribution in [0.15, 0.2) is 24.3 Å². The summed E-state index contributed by atoms with van der Waals surface area (Å²) in [7, 11) is 0. The van der Waals surface area contributed by atoms with Gasteiger partial charge < -0.3 is 24.4 Å². The van der Waals surface area contributed by atoms with Gasteiger partial charge in [-0.15, -0.1) is 0 Å². The van der Waals surface area contributed by atoms with E-state index in [9.17, 15) is 19.8 Å². The topological polar surface area (TPSA) is 102 Å². The van der Waals surface area contributed by atoms with E-state index in [1.807, 2.05) is 0 Å². The number of esters is 2. The molecule has 0 aromatic rings. The Labute approximate surface area is 123 Å². The van der Waals surface area contributed by atoms with Crippen LogP contribution in [0.1, 0.15) is 27.7 Å². The summed E-state index contributed by atoms with van der Waals surface area (Å²) in [5.41, 5.74) is 0.246. The zero-order valence-corrected chi connectivity index (χ0v) is 12.8. The third-order valence-corrected chi connectivity index (χ3v) is 2.06. The summed E-state index contributed by atoms with van der Waals surface area (Å²) in [6.07, 6.45) is 0. The van der Waals surface area contributed by atoms with Crippen LogP contribution in [-0.2, 0) is 23.8 Å². The van der Waals surface area contributed by atoms with E-state index in [0.29, 0.717) is 0 Å². The first-order valence-electron chi connectivity index (χ1n) is 6.16. The second-order valence-corrected chi connectivity index (χ2v) is 5.18. The molecule has 0 aromatic heterocycles. The van der Waals surface area contributed by atoms with E-state index in [1.54, 1.807) is 0 Å². The summed E-state index contributed by atoms with van der Waals surface area (Å²) >= 11 is 0. The molecule has 0 aromatic carbocycles. The van der Waals surface area contributed by atoms with Crippen molar-refractivity contribution in [2.45, 2.75) is 39.3 Å². The number of carbonyl (C=O) groups excluding carboxylic acids is 2. The normalized spacial score (nSPS) is 16.3. The summed E-state index contributed by atoms with van der Waals surface area (Å²) in [5.74, 6) is -5.34. The van der Waals surface area contributed by atoms with Crippen molar-refractivity contribution in [3.63, 3.8) is 0 Å². The van der Waals surface area contributed by atoms with Gasteiger partial charge in [0, 0.05) is 25.0 Å². The van der Waals surface area contributed by atoms with Gasteiger partial charge in [0.1, 0.15) is 13.2 Å². The van der Waals surface area contributed by atoms with Crippen LogP contribution in [0.3, 0.4) is 0 Å². The number of ether oxygens (including phenoxy) is 3. The van der Waals surface area contributed by atoms with Gasteiger partial charge in [0.25, 0.3) is 0 Å². The van der Waals surface area contributed by atoms with E-state index in [1.165, 1.54) is 27.7 Å². The molecular formula is C14H22O7. The van der Waals surface area contributed by atoms with Crippen LogP contribution in [0.2, 0.25) is 0 Å². The molecule has 0 bridgehead atoms. The Morgan fingerprint density at radius 1 is 0.905 bits per heavy atom. The Hall–Kier alpha value is -1.70. The van der Waals surface area contributed by atoms with Crippen LogP contribution in [0.5, 0.6) is 0 Å². The highest BCUT2D eigenvalue weighted by Crippen LogP contribution is 2.13. The molecule has 0 aliphatic rings. The molecule has 7 heteroatoms. The van der Waals surface area contributed by atoms with Gasteiger partial charge in [-0.2, -0.15) is 0 Å². The van der Waals surface area contributed by atoms with Crippen molar-refractivity contribution >= 4 is 11.9 Å². The molecule has 0 spiro atoms. The summed E-state index contributed by atoms with van der Waals surface area (Å²) in [6, 6.07) is 0. The average molecular weight is 302 g/mol. The van der Waals surface area contributed by atoms with E-state index in [-0.39, 0.29) is 11.1 Å². The zero-order valence-electron chi connectivity index (χ0n) is 12.8. The molecule has 7 nitrogen and oxygen atoms in total. The molecular weight excluding hydrogens is 280 g/mol. The Morgan fingerprint density at radius 2 is 1.19 bits per heavy atom. The minimum Gasteiger partial charge on any atom is -0.428 e. The Morgan fingerprint density at radius 3 is 1.43 bits per heavy atom. The van der Waals surface area contributed by atoms with Crippen molar-refractivity contribution in [1.29, 1.82) is 0 Å². The molecule has 2 atom stereocenters. The SMILES string of the molecule is C=C(C)C(=O)OC(C)(O)COCC(C)(O)OC(=O)C(=C)C. The summed E-state index contributed by atoms with van der Waals surface area (Å²) in [6.45, 7) is 11.2. The lowest BCUT2D eigenvalue weighted by atomic mass is 10.3. The van der Waals surface area contributed by atoms with Crippen LogP contribution >= 0.6 is 0 Å². The standard InChI is InChI=1S/C14H22O7/c1-9(2)11(15)20-13(5,17)7-19-8-14(6,18)21-12(16)10(3)4/h17-18H,1,3,7-8H2,2,4-6H3. The highest BCUT2D eigenvalue weighted by Gasteiger charge is 2.30. The van der Waals surface area contributed by atoms with Gasteiger partial charge >= 0.3 is 11.9 Å². The zero-order chi connectivity index (χ0) is 16.8. The minimum atomic E-state index is -1.90. The van der Waals surface area contributed by atoms with E-state index in [0.717, 1.165) is 0 Å². The van der Waals surface area contributed by atoms with Gasteiger partial charge in [-0.1, -0.05) is 13.2 Å². The van der Waals surface area contributed by atoms with Crippen LogP contribution in [0.25, 0.3) is 0 Å². The largest absolute Gasteiger partial charge is 0.428 e. The van der Waals surface area contributed by atoms with Crippen molar-refractivity contribution in [3.8, 4) is 0 Å². The second kappa shape index (κ2) is 7.35. The lowest BCUT2D eigenvalue weighted by molar-refractivity contribution is -0.244. The monoisotopic (exact) mass is 302 g/mol. The van der Waals surface area contributed by atoms with E-state index in [4.69, 9.17) is 14.2 Å². The molecule has 21 heavy (non-hydrogen) atoms. The first-order valence-corrected chi connectivity index (χ1v) is 6.16. The lowest BCUT2D eigenvalue weighted by Crippen LogP contribution is -2.41. The fraction of sp³-hybridized carbons (Fsp3) is 0.571. The Kier molecular flexibility index (Phi) is 6.75. The molecule has 0 amide bonds. The van der Waals surface area contributed by atoms with Gasteiger partial charge in [-0.25, -0.2) is 9.59 Å². The van der Waals surface area contributed by atoms with Crippen LogP contribution in [-0.4, -0.2) is 46.9 Å². The van der Waals surface area contributed by atoms with Crippen molar-refractivity contribution in [3.05, 3.63) is 24.3 Å². The van der Waals surface area contributed by atoms with E-state index >= 15 is 0 Å². The minimum absolute atomic E-state index is 0.123. The van der Waals surface area contributed by atoms with Gasteiger partial charge in [-0.3, -0.25) is 0 Å². The number of carbonyl (C=O) groups is 2. The van der Waals surface area contributed by atoms with Crippen LogP contribution < -0.4 is 0 Å². The summed E-state index contributed by atoms with van der Waals surface area (Å²) < 4.78 is 14.5. The summed E-state index contributed by atoms with van der Waals surface area (Å²) in [4.78, 5) is 22.5. The quantitative estimate of drug-likeness (QED) is 0.386. The predicted octanol–water partition coefficient (Wildman–Crippen LogP) is 0.659. The first kappa shape index (κ1) is 19.3. The van der Waals surface area contributed by atoms with Gasteiger partial charge in [0.2, 0.25) is 11.6 Å². The highest BCUT2D eigenvalue weighted by molar-refractivity contribution is 5.87. The number of rotatable bonds is 8. The smallest absolute Gasteiger partial charge is 0.335 e. The van der Waals surface area contributed by atoms with Gasteiger partial charge in [-0.05, 0) is 13.8 Å². The van der Waals surface area contributed by atoms with Gasteiger partial charge in [0.05, 0.1) is 0 Å². The highest BCUT2D eigenvalue weighted by atomic mass is 16.7. The van der Waals surface area contributed by atoms with Crippen molar-refractivity contribution in [2.24, 2.45) is 0 Å². The molecule has 0 fully saturated rings. The molecule has 0 saturated heterocycles. The fourth-order valence-electron chi connectivity index (χ4n) is 1.06. The molecule has 0 aliphatic carbocycles. The number of hydrogen-bond acceptors (Lipinski definition) is 7. The fourth-order valence-corrected chi connectivity index (χ4v) is 1.06. The van der Waals surface area contributed by atoms with Gasteiger partial charge in [0.15, 0.2) is 0 Å². The molecule has 0 heterocycles. The molecule has 2 unspecified atom stereocenters. The molecule has 0 radical (unpaired) electrons. The predicted molar refractivity (Wildman–Crippen MR) is 73.9 cm³/mol. The maximum Gasteiger partial charge on any atom is 0.335 e. The van der Waals surface area contributed by atoms with Crippen molar-refractivity contribution in [2.75, 3.05) is 13.2 Å². The van der Waals surface area contributed by atoms with Crippen molar-refractivity contribution in [1.82, 2.24) is 0 Å². The van der Waals surface area contributed by atoms with Crippen molar-refractivity contribution < 1.29 is 34.0 Å².